The van der Waals surface area contributed by atoms with Gasteiger partial charge >= 0.3 is 0 Å². The van der Waals surface area contributed by atoms with Crippen molar-refractivity contribution in [3.63, 3.8) is 0 Å². The molecule has 3 nitrogen and oxygen atoms in total. The minimum atomic E-state index is 0.676. The molecule has 3 heteroatoms. The molecule has 0 aromatic heterocycles. The number of rotatable bonds is 5. The van der Waals surface area contributed by atoms with Crippen LogP contribution in [0.2, 0.25) is 0 Å². The molecule has 0 aliphatic heterocycles. The highest BCUT2D eigenvalue weighted by Crippen LogP contribution is 2.38. The molecule has 0 unspecified atom stereocenters. The van der Waals surface area contributed by atoms with E-state index in [9.17, 15) is 4.79 Å². The van der Waals surface area contributed by atoms with E-state index in [1.807, 2.05) is 42.5 Å². The van der Waals surface area contributed by atoms with Gasteiger partial charge in [-0.05, 0) is 141 Å². The van der Waals surface area contributed by atoms with Crippen molar-refractivity contribution in [2.75, 3.05) is 10.6 Å². The lowest BCUT2D eigenvalue weighted by Crippen LogP contribution is -2.12. The molecule has 5 rings (SSSR count). The van der Waals surface area contributed by atoms with Crippen molar-refractivity contribution in [1.82, 2.24) is 0 Å². The second-order valence-electron chi connectivity index (χ2n) is 10.5. The van der Waals surface area contributed by atoms with Crippen LogP contribution in [-0.2, 0) is 0 Å². The number of aldehydes is 1. The minimum absolute atomic E-state index is 0.676. The zero-order chi connectivity index (χ0) is 28.8. The van der Waals surface area contributed by atoms with Crippen LogP contribution in [0.4, 0.5) is 22.7 Å². The Labute approximate surface area is 238 Å². The SMILES string of the molecule is Cc1ccc(N)cc1C.Cc1cccc(-c2ccc(N(c3ccc(C=O)cc3)c3ccc(C)c(C)c3)c(C)c2)c1. The Hall–Kier alpha value is -4.63. The van der Waals surface area contributed by atoms with E-state index in [0.29, 0.717) is 5.56 Å². The number of anilines is 4. The molecular formula is C37H38N2O. The van der Waals surface area contributed by atoms with Crippen LogP contribution in [-0.4, -0.2) is 6.29 Å². The van der Waals surface area contributed by atoms with E-state index in [-0.39, 0.29) is 0 Å². The Balaban J connectivity index is 0.000000350. The second kappa shape index (κ2) is 12.5. The lowest BCUT2D eigenvalue weighted by atomic mass is 9.99. The fourth-order valence-corrected chi connectivity index (χ4v) is 4.67. The first-order valence-electron chi connectivity index (χ1n) is 13.6. The molecule has 5 aromatic carbocycles. The Morgan fingerprint density at radius 3 is 1.75 bits per heavy atom. The normalized spacial score (nSPS) is 10.4. The Kier molecular flexibility index (Phi) is 8.86. The second-order valence-corrected chi connectivity index (χ2v) is 10.5. The van der Waals surface area contributed by atoms with E-state index in [1.54, 1.807) is 0 Å². The molecule has 0 spiro atoms. The van der Waals surface area contributed by atoms with Crippen molar-refractivity contribution in [3.8, 4) is 11.1 Å². The van der Waals surface area contributed by atoms with Crippen LogP contribution in [0.15, 0.2) is 103 Å². The van der Waals surface area contributed by atoms with Gasteiger partial charge in [0.2, 0.25) is 0 Å². The molecule has 0 radical (unpaired) electrons. The molecule has 0 amide bonds. The maximum absolute atomic E-state index is 11.1. The van der Waals surface area contributed by atoms with Gasteiger partial charge in [-0.25, -0.2) is 0 Å². The predicted molar refractivity (Wildman–Crippen MR) is 171 cm³/mol. The highest BCUT2D eigenvalue weighted by atomic mass is 16.1. The fourth-order valence-electron chi connectivity index (χ4n) is 4.67. The van der Waals surface area contributed by atoms with E-state index in [1.165, 1.54) is 44.5 Å². The van der Waals surface area contributed by atoms with E-state index >= 15 is 0 Å². The van der Waals surface area contributed by atoms with Gasteiger partial charge in [-0.15, -0.1) is 0 Å². The van der Waals surface area contributed by atoms with Crippen molar-refractivity contribution in [2.45, 2.75) is 41.5 Å². The van der Waals surface area contributed by atoms with Crippen LogP contribution < -0.4 is 10.6 Å². The number of nitrogens with zero attached hydrogens (tertiary/aromatic N) is 1. The van der Waals surface area contributed by atoms with Gasteiger partial charge in [0, 0.05) is 28.3 Å². The van der Waals surface area contributed by atoms with Crippen LogP contribution in [0, 0.1) is 41.5 Å². The van der Waals surface area contributed by atoms with Gasteiger partial charge in [0.1, 0.15) is 6.29 Å². The lowest BCUT2D eigenvalue weighted by Gasteiger charge is -2.28. The third-order valence-corrected chi connectivity index (χ3v) is 7.36. The largest absolute Gasteiger partial charge is 0.399 e. The van der Waals surface area contributed by atoms with Crippen LogP contribution >= 0.6 is 0 Å². The van der Waals surface area contributed by atoms with Gasteiger partial charge in [-0.3, -0.25) is 4.79 Å². The van der Waals surface area contributed by atoms with Gasteiger partial charge in [0.15, 0.2) is 0 Å². The number of hydrogen-bond donors (Lipinski definition) is 1. The van der Waals surface area contributed by atoms with Crippen LogP contribution in [0.1, 0.15) is 43.7 Å². The zero-order valence-corrected chi connectivity index (χ0v) is 24.3. The Morgan fingerprint density at radius 2 is 1.18 bits per heavy atom. The number of nitrogen functional groups attached to an aromatic ring is 1. The number of nitrogens with two attached hydrogens (primary N) is 1. The Bertz CT molecular complexity index is 1630. The fraction of sp³-hybridized carbons (Fsp3) is 0.162. The quantitative estimate of drug-likeness (QED) is 0.183. The molecule has 5 aromatic rings. The van der Waals surface area contributed by atoms with Crippen molar-refractivity contribution in [1.29, 1.82) is 0 Å². The summed E-state index contributed by atoms with van der Waals surface area (Å²) in [6, 6.07) is 35.4. The molecule has 0 aliphatic carbocycles. The molecule has 202 valence electrons. The first kappa shape index (κ1) is 28.4. The molecule has 40 heavy (non-hydrogen) atoms. The summed E-state index contributed by atoms with van der Waals surface area (Å²) in [5.41, 5.74) is 20.3. The third-order valence-electron chi connectivity index (χ3n) is 7.36. The molecule has 0 saturated heterocycles. The van der Waals surface area contributed by atoms with E-state index in [0.717, 1.165) is 29.0 Å². The molecule has 2 N–H and O–H groups in total. The average Bonchev–Trinajstić information content (AvgIpc) is 2.94. The van der Waals surface area contributed by atoms with Crippen molar-refractivity contribution < 1.29 is 4.79 Å². The van der Waals surface area contributed by atoms with E-state index in [4.69, 9.17) is 5.73 Å². The molecule has 0 saturated carbocycles. The standard InChI is InChI=1S/C29H27NO.C8H11N/c1-20-6-5-7-25(16-20)26-11-15-29(23(4)17-26)30(27-13-9-24(19-31)10-14-27)28-12-8-21(2)22(3)18-28;1-6-3-4-8(9)5-7(6)2/h5-19H,1-4H3;3-5H,9H2,1-2H3. The zero-order valence-electron chi connectivity index (χ0n) is 24.3. The van der Waals surface area contributed by atoms with Gasteiger partial charge in [-0.1, -0.05) is 48.0 Å². The summed E-state index contributed by atoms with van der Waals surface area (Å²) >= 11 is 0. The number of carbonyl (C=O) groups is 1. The lowest BCUT2D eigenvalue weighted by molar-refractivity contribution is 0.112. The molecular weight excluding hydrogens is 488 g/mol. The van der Waals surface area contributed by atoms with Crippen LogP contribution in [0.3, 0.4) is 0 Å². The van der Waals surface area contributed by atoms with Gasteiger partial charge in [-0.2, -0.15) is 0 Å². The highest BCUT2D eigenvalue weighted by molar-refractivity contribution is 5.83. The molecule has 0 atom stereocenters. The monoisotopic (exact) mass is 526 g/mol. The maximum Gasteiger partial charge on any atom is 0.150 e. The number of benzene rings is 5. The average molecular weight is 527 g/mol. The third kappa shape index (κ3) is 6.68. The maximum atomic E-state index is 11.1. The summed E-state index contributed by atoms with van der Waals surface area (Å²) < 4.78 is 0. The van der Waals surface area contributed by atoms with E-state index in [2.05, 4.69) is 107 Å². The van der Waals surface area contributed by atoms with Gasteiger partial charge in [0.25, 0.3) is 0 Å². The molecule has 0 fully saturated rings. The summed E-state index contributed by atoms with van der Waals surface area (Å²) in [6.45, 7) is 12.7. The summed E-state index contributed by atoms with van der Waals surface area (Å²) in [5, 5.41) is 0. The van der Waals surface area contributed by atoms with Crippen LogP contribution in [0.25, 0.3) is 11.1 Å². The van der Waals surface area contributed by atoms with Gasteiger partial charge < -0.3 is 10.6 Å². The number of carbonyl (C=O) groups excluding carboxylic acids is 1. The number of hydrogen-bond acceptors (Lipinski definition) is 3. The molecule has 0 aliphatic rings. The smallest absolute Gasteiger partial charge is 0.150 e. The highest BCUT2D eigenvalue weighted by Gasteiger charge is 2.16. The van der Waals surface area contributed by atoms with E-state index < -0.39 is 0 Å². The number of aryl methyl sites for hydroxylation is 6. The van der Waals surface area contributed by atoms with Crippen molar-refractivity contribution in [2.24, 2.45) is 0 Å². The summed E-state index contributed by atoms with van der Waals surface area (Å²) in [4.78, 5) is 13.4. The van der Waals surface area contributed by atoms with Crippen LogP contribution in [0.5, 0.6) is 0 Å². The molecule has 0 heterocycles. The van der Waals surface area contributed by atoms with Crippen molar-refractivity contribution >= 4 is 29.0 Å². The summed E-state index contributed by atoms with van der Waals surface area (Å²) in [7, 11) is 0. The first-order valence-corrected chi connectivity index (χ1v) is 13.6. The Morgan fingerprint density at radius 1 is 0.550 bits per heavy atom. The predicted octanol–water partition coefficient (Wildman–Crippen LogP) is 9.76. The van der Waals surface area contributed by atoms with Gasteiger partial charge in [0.05, 0.1) is 0 Å². The topological polar surface area (TPSA) is 46.3 Å². The van der Waals surface area contributed by atoms with Crippen molar-refractivity contribution in [3.05, 3.63) is 142 Å². The summed E-state index contributed by atoms with van der Waals surface area (Å²) in [5.74, 6) is 0. The first-order chi connectivity index (χ1) is 19.2. The summed E-state index contributed by atoms with van der Waals surface area (Å²) in [6.07, 6.45) is 0.881. The minimum Gasteiger partial charge on any atom is -0.399 e. The molecule has 0 bridgehead atoms.